The molecule has 0 aliphatic heterocycles. The van der Waals surface area contributed by atoms with Gasteiger partial charge in [-0.25, -0.2) is 0 Å². The van der Waals surface area contributed by atoms with Crippen molar-refractivity contribution in [2.24, 2.45) is 11.8 Å². The molecule has 0 aromatic rings. The van der Waals surface area contributed by atoms with Crippen LogP contribution in [0.2, 0.25) is 0 Å². The molecule has 0 bridgehead atoms. The first-order valence-corrected chi connectivity index (χ1v) is 10.8. The van der Waals surface area contributed by atoms with Gasteiger partial charge in [0.1, 0.15) is 23.1 Å². The molecule has 1 N–H and O–H groups in total. The Hall–Kier alpha value is -2.18. The Kier molecular flexibility index (Phi) is 13.7. The minimum atomic E-state index is -0.744. The summed E-state index contributed by atoms with van der Waals surface area (Å²) < 4.78 is 0. The van der Waals surface area contributed by atoms with E-state index in [1.165, 1.54) is 20.8 Å². The highest BCUT2D eigenvalue weighted by molar-refractivity contribution is 5.90. The summed E-state index contributed by atoms with van der Waals surface area (Å²) >= 11 is 0. The van der Waals surface area contributed by atoms with Crippen LogP contribution in [0.4, 0.5) is 0 Å². The van der Waals surface area contributed by atoms with Crippen molar-refractivity contribution in [2.45, 2.75) is 98.4 Å². The van der Waals surface area contributed by atoms with Crippen LogP contribution in [-0.2, 0) is 28.8 Å². The number of Topliss-reactive ketones (excluding diaryl/α,β-unsaturated/α-hetero) is 5. The van der Waals surface area contributed by atoms with Gasteiger partial charge in [-0.2, -0.15) is 0 Å². The van der Waals surface area contributed by atoms with Crippen molar-refractivity contribution in [3.05, 3.63) is 0 Å². The van der Waals surface area contributed by atoms with E-state index < -0.39 is 12.0 Å². The van der Waals surface area contributed by atoms with Crippen LogP contribution in [0, 0.1) is 11.8 Å². The Morgan fingerprint density at radius 2 is 1.33 bits per heavy atom. The van der Waals surface area contributed by atoms with Crippen LogP contribution in [0.5, 0.6) is 0 Å². The number of rotatable bonds is 17. The highest BCUT2D eigenvalue weighted by atomic mass is 16.2. The summed E-state index contributed by atoms with van der Waals surface area (Å²) in [7, 11) is 0. The molecule has 0 aromatic heterocycles. The summed E-state index contributed by atoms with van der Waals surface area (Å²) in [5, 5.41) is 2.66. The molecule has 0 aliphatic carbocycles. The van der Waals surface area contributed by atoms with E-state index in [-0.39, 0.29) is 72.8 Å². The highest BCUT2D eigenvalue weighted by Gasteiger charge is 2.22. The first-order chi connectivity index (χ1) is 13.9. The lowest BCUT2D eigenvalue weighted by molar-refractivity contribution is -0.129. The van der Waals surface area contributed by atoms with Gasteiger partial charge in [-0.1, -0.05) is 13.8 Å². The van der Waals surface area contributed by atoms with Crippen molar-refractivity contribution in [1.29, 1.82) is 0 Å². The van der Waals surface area contributed by atoms with Crippen molar-refractivity contribution in [3.63, 3.8) is 0 Å². The van der Waals surface area contributed by atoms with E-state index in [0.29, 0.717) is 25.7 Å². The van der Waals surface area contributed by atoms with Crippen LogP contribution in [0.25, 0.3) is 0 Å². The molecule has 0 radical (unpaired) electrons. The van der Waals surface area contributed by atoms with E-state index in [9.17, 15) is 28.8 Å². The van der Waals surface area contributed by atoms with Gasteiger partial charge in [0.2, 0.25) is 5.91 Å². The Bertz CT molecular complexity index is 638. The molecule has 0 saturated carbocycles. The third-order valence-corrected chi connectivity index (χ3v) is 5.15. The third-order valence-electron chi connectivity index (χ3n) is 5.15. The van der Waals surface area contributed by atoms with Gasteiger partial charge in [0.05, 0.1) is 6.04 Å². The predicted octanol–water partition coefficient (Wildman–Crippen LogP) is 3.16. The van der Waals surface area contributed by atoms with E-state index in [1.54, 1.807) is 0 Å². The normalized spacial score (nSPS) is 12.9. The first kappa shape index (κ1) is 27.8. The fourth-order valence-corrected chi connectivity index (χ4v) is 3.03. The summed E-state index contributed by atoms with van der Waals surface area (Å²) in [5.74, 6) is -1.15. The summed E-state index contributed by atoms with van der Waals surface area (Å²) in [6.07, 6.45) is 2.77. The van der Waals surface area contributed by atoms with Gasteiger partial charge in [-0.15, -0.1) is 0 Å². The van der Waals surface area contributed by atoms with Gasteiger partial charge in [-0.3, -0.25) is 24.0 Å². The zero-order valence-electron chi connectivity index (χ0n) is 19.0. The molecule has 0 saturated heterocycles. The van der Waals surface area contributed by atoms with Crippen LogP contribution in [0.15, 0.2) is 0 Å². The molecule has 1 amide bonds. The minimum Gasteiger partial charge on any atom is -0.346 e. The van der Waals surface area contributed by atoms with Gasteiger partial charge in [-0.05, 0) is 46.5 Å². The molecule has 0 unspecified atom stereocenters. The van der Waals surface area contributed by atoms with E-state index in [1.807, 2.05) is 13.8 Å². The minimum absolute atomic E-state index is 0.0106. The standard InChI is InChI=1S/C23H37NO6/c1-15(2)22(29)8-6-7-9-23(30)24-21(18(5)27)13-12-20(28)14-19(17(4)26)11-10-16(3)25/h15,19,21H,6-14H2,1-5H3,(H,24,30)/t19-,21+/m1/s1. The number of carbonyl (C=O) groups excluding carboxylic acids is 6. The molecule has 0 fully saturated rings. The largest absolute Gasteiger partial charge is 0.346 e. The lowest BCUT2D eigenvalue weighted by Gasteiger charge is -2.17. The van der Waals surface area contributed by atoms with Crippen molar-refractivity contribution in [3.8, 4) is 0 Å². The van der Waals surface area contributed by atoms with Gasteiger partial charge < -0.3 is 10.1 Å². The number of ketones is 5. The maximum absolute atomic E-state index is 12.3. The van der Waals surface area contributed by atoms with Crippen LogP contribution in [-0.4, -0.2) is 40.9 Å². The maximum atomic E-state index is 12.3. The van der Waals surface area contributed by atoms with Crippen molar-refractivity contribution in [2.75, 3.05) is 0 Å². The zero-order valence-corrected chi connectivity index (χ0v) is 19.0. The number of hydrogen-bond donors (Lipinski definition) is 1. The van der Waals surface area contributed by atoms with E-state index in [2.05, 4.69) is 5.32 Å². The smallest absolute Gasteiger partial charge is 0.220 e. The number of nitrogens with one attached hydrogen (secondary N) is 1. The van der Waals surface area contributed by atoms with Gasteiger partial charge in [0, 0.05) is 43.9 Å². The van der Waals surface area contributed by atoms with Gasteiger partial charge >= 0.3 is 0 Å². The van der Waals surface area contributed by atoms with Gasteiger partial charge in [0.25, 0.3) is 0 Å². The second-order valence-corrected chi connectivity index (χ2v) is 8.39. The third kappa shape index (κ3) is 13.1. The summed E-state index contributed by atoms with van der Waals surface area (Å²) in [6, 6.07) is -0.744. The fourth-order valence-electron chi connectivity index (χ4n) is 3.03. The molecule has 0 heterocycles. The average molecular weight is 424 g/mol. The monoisotopic (exact) mass is 423 g/mol. The Labute approximate surface area is 179 Å². The lowest BCUT2D eigenvalue weighted by atomic mass is 9.90. The molecule has 170 valence electrons. The van der Waals surface area contributed by atoms with Crippen LogP contribution >= 0.6 is 0 Å². The highest BCUT2D eigenvalue weighted by Crippen LogP contribution is 2.16. The van der Waals surface area contributed by atoms with Crippen molar-refractivity contribution >= 4 is 34.8 Å². The van der Waals surface area contributed by atoms with E-state index in [4.69, 9.17) is 0 Å². The quantitative estimate of drug-likeness (QED) is 0.359. The predicted molar refractivity (Wildman–Crippen MR) is 114 cm³/mol. The molecule has 0 aliphatic rings. The molecule has 0 aromatic carbocycles. The first-order valence-electron chi connectivity index (χ1n) is 10.8. The van der Waals surface area contributed by atoms with Crippen molar-refractivity contribution in [1.82, 2.24) is 5.32 Å². The number of amides is 1. The molecular weight excluding hydrogens is 386 g/mol. The van der Waals surface area contributed by atoms with Crippen LogP contribution in [0.1, 0.15) is 92.4 Å². The Morgan fingerprint density at radius 3 is 1.83 bits per heavy atom. The summed E-state index contributed by atoms with van der Waals surface area (Å²) in [5.41, 5.74) is 0. The molecule has 7 heteroatoms. The molecular formula is C23H37NO6. The van der Waals surface area contributed by atoms with Crippen LogP contribution in [0.3, 0.4) is 0 Å². The second-order valence-electron chi connectivity index (χ2n) is 8.39. The Balaban J connectivity index is 4.44. The molecule has 2 atom stereocenters. The van der Waals surface area contributed by atoms with Crippen LogP contribution < -0.4 is 5.32 Å². The van der Waals surface area contributed by atoms with E-state index in [0.717, 1.165) is 0 Å². The van der Waals surface area contributed by atoms with Crippen molar-refractivity contribution < 1.29 is 28.8 Å². The zero-order chi connectivity index (χ0) is 23.3. The second kappa shape index (κ2) is 14.7. The Morgan fingerprint density at radius 1 is 0.733 bits per heavy atom. The summed E-state index contributed by atoms with van der Waals surface area (Å²) in [4.78, 5) is 70.6. The van der Waals surface area contributed by atoms with Gasteiger partial charge in [0.15, 0.2) is 5.78 Å². The maximum Gasteiger partial charge on any atom is 0.220 e. The summed E-state index contributed by atoms with van der Waals surface area (Å²) in [6.45, 7) is 7.90. The molecule has 0 rings (SSSR count). The molecule has 7 nitrogen and oxygen atoms in total. The molecule has 30 heavy (non-hydrogen) atoms. The lowest BCUT2D eigenvalue weighted by Crippen LogP contribution is -2.40. The number of unbranched alkanes of at least 4 members (excludes halogenated alkanes) is 1. The molecule has 0 spiro atoms. The average Bonchev–Trinajstić information content (AvgIpc) is 2.64. The number of hydrogen-bond acceptors (Lipinski definition) is 6. The SMILES string of the molecule is CC(=O)CC[C@H](CC(=O)CC[C@H](NC(=O)CCCCC(=O)C(C)C)C(C)=O)C(C)=O. The topological polar surface area (TPSA) is 114 Å². The van der Waals surface area contributed by atoms with E-state index >= 15 is 0 Å². The number of carbonyl (C=O) groups is 6. The fraction of sp³-hybridized carbons (Fsp3) is 0.739.